The average Bonchev–Trinajstić information content (AvgIpc) is 3.70. The number of alkyl carbamates (subject to hydrolysis) is 1. The highest BCUT2D eigenvalue weighted by Gasteiger charge is 2.80. The number of alkyl halides is 3. The molecule has 2 aromatic carbocycles. The van der Waals surface area contributed by atoms with E-state index in [4.69, 9.17) is 77.4 Å². The Morgan fingerprint density at radius 2 is 1.57 bits per heavy atom. The van der Waals surface area contributed by atoms with Gasteiger partial charge in [0.2, 0.25) is 3.79 Å². The van der Waals surface area contributed by atoms with Crippen molar-refractivity contribution in [1.29, 1.82) is 0 Å². The quantitative estimate of drug-likeness (QED) is 0.0865. The number of ether oxygens (including phenoxy) is 9. The van der Waals surface area contributed by atoms with Crippen molar-refractivity contribution in [3.05, 3.63) is 82.9 Å². The Morgan fingerprint density at radius 1 is 0.928 bits per heavy atom. The van der Waals surface area contributed by atoms with Gasteiger partial charge in [-0.2, -0.15) is 0 Å². The molecule has 1 amide bonds. The van der Waals surface area contributed by atoms with Gasteiger partial charge in [-0.05, 0) is 63.0 Å². The van der Waals surface area contributed by atoms with Gasteiger partial charge in [-0.25, -0.2) is 19.2 Å². The maximum Gasteiger partial charge on any atom is 0.508 e. The molecule has 5 aliphatic rings. The Labute approximate surface area is 415 Å². The van der Waals surface area contributed by atoms with Gasteiger partial charge in [0.25, 0.3) is 0 Å². The molecule has 13 atom stereocenters. The van der Waals surface area contributed by atoms with Crippen molar-refractivity contribution in [3.63, 3.8) is 0 Å². The summed E-state index contributed by atoms with van der Waals surface area (Å²) < 4.78 is 53.9. The van der Waals surface area contributed by atoms with Crippen LogP contribution in [-0.2, 0) is 52.2 Å². The molecule has 17 nitrogen and oxygen atoms in total. The highest BCUT2D eigenvalue weighted by atomic mass is 35.6. The molecule has 378 valence electrons. The first kappa shape index (κ1) is 52.6. The van der Waals surface area contributed by atoms with E-state index in [2.05, 4.69) is 5.32 Å². The molecule has 0 radical (unpaired) electrons. The van der Waals surface area contributed by atoms with Gasteiger partial charge in [-0.1, -0.05) is 111 Å². The van der Waals surface area contributed by atoms with E-state index < -0.39 is 136 Å². The summed E-state index contributed by atoms with van der Waals surface area (Å²) in [6.45, 7) is 14.0. The Kier molecular flexibility index (Phi) is 14.8. The van der Waals surface area contributed by atoms with Crippen LogP contribution in [0.4, 0.5) is 9.59 Å². The van der Waals surface area contributed by atoms with Crippen molar-refractivity contribution in [2.45, 2.75) is 157 Å². The van der Waals surface area contributed by atoms with E-state index in [1.165, 1.54) is 19.1 Å². The van der Waals surface area contributed by atoms with Gasteiger partial charge in [0.15, 0.2) is 18.0 Å². The number of carbonyl (C=O) groups excluding carboxylic acids is 5. The van der Waals surface area contributed by atoms with Crippen LogP contribution in [0.1, 0.15) is 104 Å². The Hall–Kier alpha value is -4.20. The van der Waals surface area contributed by atoms with Gasteiger partial charge in [0, 0.05) is 30.6 Å². The van der Waals surface area contributed by atoms with Gasteiger partial charge in [0.05, 0.1) is 24.1 Å². The summed E-state index contributed by atoms with van der Waals surface area (Å²) in [5, 5.41) is 28.5. The second kappa shape index (κ2) is 19.4. The lowest BCUT2D eigenvalue weighted by Crippen LogP contribution is -2.82. The minimum Gasteiger partial charge on any atom is -0.456 e. The van der Waals surface area contributed by atoms with Crippen molar-refractivity contribution in [2.24, 2.45) is 16.7 Å². The molecule has 20 heteroatoms. The molecule has 12 unspecified atom stereocenters. The predicted molar refractivity (Wildman–Crippen MR) is 247 cm³/mol. The fourth-order valence-electron chi connectivity index (χ4n) is 11.1. The number of esters is 3. The molecule has 3 aliphatic carbocycles. The number of amides is 1. The number of hydrogen-bond acceptors (Lipinski definition) is 16. The van der Waals surface area contributed by atoms with Gasteiger partial charge in [0.1, 0.15) is 54.4 Å². The minimum atomic E-state index is -2.30. The van der Waals surface area contributed by atoms with Gasteiger partial charge in [-0.3, -0.25) is 4.79 Å². The van der Waals surface area contributed by atoms with Crippen LogP contribution in [0.15, 0.2) is 71.8 Å². The van der Waals surface area contributed by atoms with Crippen molar-refractivity contribution in [3.8, 4) is 0 Å². The SMILES string of the molecule is CCC1OC2C3=C(C)C(OC(=O)C(O)C(NC(=O)OC(C)(C)C)c4ccccc4)CC(O)(C(OC(=O)c4ccccc4)C4C5(OC(C)=O)COC5CC(OC(=O)OCC(Cl)(Cl)Cl)[C@@]4(C)C2O1)C3(C)C. The molecule has 2 heterocycles. The number of rotatable bonds is 11. The summed E-state index contributed by atoms with van der Waals surface area (Å²) in [7, 11) is 0. The van der Waals surface area contributed by atoms with E-state index in [0.717, 1.165) is 0 Å². The summed E-state index contributed by atoms with van der Waals surface area (Å²) in [5.41, 5.74) is -6.74. The van der Waals surface area contributed by atoms with Crippen LogP contribution in [0.5, 0.6) is 0 Å². The molecule has 2 saturated carbocycles. The van der Waals surface area contributed by atoms with Crippen LogP contribution in [0.3, 0.4) is 0 Å². The molecule has 4 fully saturated rings. The number of carbonyl (C=O) groups is 5. The standard InChI is InChI=1S/C49H60Cl3NO16/c1-10-32-65-36-33-25(2)29(63-41(57)35(55)34(27-17-13-11-14-18-27)53-42(58)69-44(4,5)6)22-48(60,45(33,7)8)39(67-40(56)28-19-15-12-16-20-28)37-46(9,38(36)66-32)30(64-43(59)62-24-49(50,51)52)21-31-47(37,23-61-31)68-26(3)54/h11-20,29-32,34-39,55,60H,10,21-24H2,1-9H3,(H,53,58)/t29?,30?,31?,32?,34?,35?,36?,37?,38?,39?,46-,47?,48?/m1/s1. The van der Waals surface area contributed by atoms with Gasteiger partial charge in [-0.15, -0.1) is 0 Å². The number of aliphatic hydroxyl groups excluding tert-OH is 1. The average molecular weight is 1030 g/mol. The normalized spacial score (nSPS) is 33.2. The molecule has 2 aromatic rings. The fourth-order valence-corrected chi connectivity index (χ4v) is 11.2. The molecule has 0 aromatic heterocycles. The Morgan fingerprint density at radius 3 is 2.13 bits per heavy atom. The predicted octanol–water partition coefficient (Wildman–Crippen LogP) is 7.38. The topological polar surface area (TPSA) is 221 Å². The van der Waals surface area contributed by atoms with Crippen molar-refractivity contribution in [2.75, 3.05) is 13.2 Å². The Balaban J connectivity index is 1.42. The van der Waals surface area contributed by atoms with Gasteiger partial charge < -0.3 is 58.2 Å². The number of fused-ring (bicyclic) bond motifs is 8. The molecule has 69 heavy (non-hydrogen) atoms. The third kappa shape index (κ3) is 10.0. The molecule has 2 bridgehead atoms. The molecule has 2 saturated heterocycles. The van der Waals surface area contributed by atoms with Crippen molar-refractivity contribution >= 4 is 65.0 Å². The zero-order chi connectivity index (χ0) is 50.6. The summed E-state index contributed by atoms with van der Waals surface area (Å²) in [6.07, 6.45) is -13.0. The zero-order valence-corrected chi connectivity index (χ0v) is 42.1. The number of aliphatic hydroxyl groups is 2. The lowest BCUT2D eigenvalue weighted by Gasteiger charge is -2.69. The van der Waals surface area contributed by atoms with Gasteiger partial charge >= 0.3 is 30.2 Å². The van der Waals surface area contributed by atoms with Crippen LogP contribution >= 0.6 is 34.8 Å². The lowest BCUT2D eigenvalue weighted by atomic mass is 9.44. The number of halogens is 3. The highest BCUT2D eigenvalue weighted by molar-refractivity contribution is 6.67. The lowest BCUT2D eigenvalue weighted by molar-refractivity contribution is -0.362. The maximum absolute atomic E-state index is 14.7. The number of benzene rings is 2. The molecule has 7 rings (SSSR count). The first-order valence-corrected chi connectivity index (χ1v) is 23.9. The number of nitrogens with one attached hydrogen (secondary N) is 1. The van der Waals surface area contributed by atoms with E-state index >= 15 is 0 Å². The largest absolute Gasteiger partial charge is 0.508 e. The molecular formula is C49H60Cl3NO16. The van der Waals surface area contributed by atoms with Crippen LogP contribution in [-0.4, -0.2) is 123 Å². The summed E-state index contributed by atoms with van der Waals surface area (Å²) in [4.78, 5) is 69.3. The minimum absolute atomic E-state index is 0.104. The zero-order valence-electron chi connectivity index (χ0n) is 39.8. The van der Waals surface area contributed by atoms with Crippen LogP contribution < -0.4 is 5.32 Å². The fraction of sp³-hybridized carbons (Fsp3) is 0.612. The van der Waals surface area contributed by atoms with E-state index in [-0.39, 0.29) is 18.6 Å². The monoisotopic (exact) mass is 1020 g/mol. The second-order valence-corrected chi connectivity index (χ2v) is 22.6. The number of hydrogen-bond donors (Lipinski definition) is 3. The maximum atomic E-state index is 14.7. The molecule has 3 N–H and O–H groups in total. The first-order valence-electron chi connectivity index (χ1n) is 22.8. The van der Waals surface area contributed by atoms with Crippen LogP contribution in [0.2, 0.25) is 0 Å². The van der Waals surface area contributed by atoms with Crippen LogP contribution in [0.25, 0.3) is 0 Å². The van der Waals surface area contributed by atoms with E-state index in [1.54, 1.807) is 97.0 Å². The first-order chi connectivity index (χ1) is 32.2. The molecule has 2 aliphatic heterocycles. The van der Waals surface area contributed by atoms with Crippen molar-refractivity contribution in [1.82, 2.24) is 5.32 Å². The third-order valence-corrected chi connectivity index (χ3v) is 14.6. The van der Waals surface area contributed by atoms with Crippen molar-refractivity contribution < 1.29 is 76.8 Å². The van der Waals surface area contributed by atoms with E-state index in [1.807, 2.05) is 6.92 Å². The highest BCUT2D eigenvalue weighted by Crippen LogP contribution is 2.67. The van der Waals surface area contributed by atoms with Crippen LogP contribution in [0, 0.1) is 16.7 Å². The molecule has 0 spiro atoms. The second-order valence-electron chi connectivity index (χ2n) is 20.1. The summed E-state index contributed by atoms with van der Waals surface area (Å²) in [6, 6.07) is 14.9. The molecular weight excluding hydrogens is 965 g/mol. The third-order valence-electron chi connectivity index (χ3n) is 14.2. The summed E-state index contributed by atoms with van der Waals surface area (Å²) >= 11 is 17.8. The van der Waals surface area contributed by atoms with E-state index in [0.29, 0.717) is 23.1 Å². The smallest absolute Gasteiger partial charge is 0.456 e. The summed E-state index contributed by atoms with van der Waals surface area (Å²) in [5.74, 6) is -4.15. The van der Waals surface area contributed by atoms with E-state index in [9.17, 15) is 34.2 Å². The Bertz CT molecular complexity index is 2300.